The quantitative estimate of drug-likeness (QED) is 0.264. The topological polar surface area (TPSA) is 95.7 Å². The molecule has 0 N–H and O–H groups in total. The van der Waals surface area contributed by atoms with E-state index in [4.69, 9.17) is 9.05 Å². The van der Waals surface area contributed by atoms with Gasteiger partial charge in [0.2, 0.25) is 0 Å². The average molecular weight is 355 g/mol. The van der Waals surface area contributed by atoms with E-state index in [9.17, 15) is 19.5 Å². The van der Waals surface area contributed by atoms with Gasteiger partial charge in [-0.15, -0.1) is 0 Å². The summed E-state index contributed by atoms with van der Waals surface area (Å²) in [5, 5.41) is 10.8. The van der Waals surface area contributed by atoms with Crippen LogP contribution in [0.15, 0.2) is 29.6 Å². The standard InChI is InChI=1S/C16H22NO6P/c1-4-9-22-24(21,23-10-5-2)16(13(3)18)12-14-7-6-8-15(11-14)17(19)20/h6-8,11-12H,4-5,9-10H2,1-3H3/b16-12-. The number of benzene rings is 1. The van der Waals surface area contributed by atoms with Crippen molar-refractivity contribution in [2.75, 3.05) is 13.2 Å². The highest BCUT2D eigenvalue weighted by Gasteiger charge is 2.33. The fourth-order valence-electron chi connectivity index (χ4n) is 1.86. The summed E-state index contributed by atoms with van der Waals surface area (Å²) in [4.78, 5) is 22.3. The van der Waals surface area contributed by atoms with Gasteiger partial charge in [0.25, 0.3) is 5.69 Å². The van der Waals surface area contributed by atoms with Crippen molar-refractivity contribution in [1.29, 1.82) is 0 Å². The van der Waals surface area contributed by atoms with Crippen LogP contribution < -0.4 is 0 Å². The Kier molecular flexibility index (Phi) is 7.98. The molecule has 24 heavy (non-hydrogen) atoms. The molecule has 0 amide bonds. The number of hydrogen-bond donors (Lipinski definition) is 0. The first-order valence-corrected chi connectivity index (χ1v) is 9.25. The van der Waals surface area contributed by atoms with Crippen molar-refractivity contribution in [3.8, 4) is 0 Å². The molecule has 7 nitrogen and oxygen atoms in total. The second-order valence-electron chi connectivity index (χ2n) is 5.10. The number of nitro groups is 1. The zero-order valence-electron chi connectivity index (χ0n) is 14.1. The van der Waals surface area contributed by atoms with E-state index in [1.54, 1.807) is 6.07 Å². The van der Waals surface area contributed by atoms with E-state index in [-0.39, 0.29) is 24.2 Å². The number of hydrogen-bond acceptors (Lipinski definition) is 6. The lowest BCUT2D eigenvalue weighted by Crippen LogP contribution is -2.06. The van der Waals surface area contributed by atoms with Gasteiger partial charge in [-0.25, -0.2) is 0 Å². The molecule has 0 saturated carbocycles. The molecule has 0 atom stereocenters. The number of rotatable bonds is 10. The molecule has 0 saturated heterocycles. The smallest absolute Gasteiger partial charge is 0.305 e. The van der Waals surface area contributed by atoms with Gasteiger partial charge in [0.15, 0.2) is 5.78 Å². The first-order valence-electron chi connectivity index (χ1n) is 7.70. The van der Waals surface area contributed by atoms with E-state index in [2.05, 4.69) is 0 Å². The fraction of sp³-hybridized carbons (Fsp3) is 0.438. The van der Waals surface area contributed by atoms with Gasteiger partial charge >= 0.3 is 7.60 Å². The van der Waals surface area contributed by atoms with E-state index in [1.165, 1.54) is 31.2 Å². The van der Waals surface area contributed by atoms with Crippen molar-refractivity contribution < 1.29 is 23.3 Å². The molecule has 1 rings (SSSR count). The predicted molar refractivity (Wildman–Crippen MR) is 91.8 cm³/mol. The molecule has 8 heteroatoms. The van der Waals surface area contributed by atoms with Crippen LogP contribution in [0.5, 0.6) is 0 Å². The second-order valence-corrected chi connectivity index (χ2v) is 7.09. The number of nitrogens with zero attached hydrogens (tertiary/aromatic N) is 1. The highest BCUT2D eigenvalue weighted by molar-refractivity contribution is 7.60. The molecule has 0 aromatic heterocycles. The molecule has 0 fully saturated rings. The van der Waals surface area contributed by atoms with E-state index in [1.807, 2.05) is 13.8 Å². The van der Waals surface area contributed by atoms with Gasteiger partial charge in [0.1, 0.15) is 5.31 Å². The Morgan fingerprint density at radius 2 is 1.83 bits per heavy atom. The van der Waals surface area contributed by atoms with Gasteiger partial charge in [0, 0.05) is 12.1 Å². The normalized spacial score (nSPS) is 12.2. The highest BCUT2D eigenvalue weighted by Crippen LogP contribution is 2.57. The SMILES string of the molecule is CCCOP(=O)(OCCC)/C(=C\c1cccc([N+](=O)[O-])c1)C(C)=O. The van der Waals surface area contributed by atoms with Crippen LogP contribution >= 0.6 is 7.60 Å². The van der Waals surface area contributed by atoms with E-state index < -0.39 is 18.3 Å². The predicted octanol–water partition coefficient (Wildman–Crippen LogP) is 4.57. The Morgan fingerprint density at radius 3 is 2.29 bits per heavy atom. The molecular weight excluding hydrogens is 333 g/mol. The van der Waals surface area contributed by atoms with Crippen molar-refractivity contribution >= 4 is 25.1 Å². The molecule has 0 unspecified atom stereocenters. The zero-order chi connectivity index (χ0) is 18.2. The van der Waals surface area contributed by atoms with Gasteiger partial charge < -0.3 is 9.05 Å². The minimum atomic E-state index is -3.78. The summed E-state index contributed by atoms with van der Waals surface area (Å²) in [6.07, 6.45) is 2.56. The lowest BCUT2D eigenvalue weighted by atomic mass is 10.2. The second kappa shape index (κ2) is 9.47. The summed E-state index contributed by atoms with van der Waals surface area (Å²) in [7, 11) is -3.78. The Balaban J connectivity index is 3.31. The maximum absolute atomic E-state index is 13.0. The molecule has 0 spiro atoms. The van der Waals surface area contributed by atoms with Crippen molar-refractivity contribution in [3.63, 3.8) is 0 Å². The maximum Gasteiger partial charge on any atom is 0.364 e. The lowest BCUT2D eigenvalue weighted by molar-refractivity contribution is -0.384. The third-order valence-corrected chi connectivity index (χ3v) is 5.05. The monoisotopic (exact) mass is 355 g/mol. The van der Waals surface area contributed by atoms with Crippen LogP contribution in [-0.2, 0) is 18.4 Å². The minimum absolute atomic E-state index is 0.107. The van der Waals surface area contributed by atoms with Crippen LogP contribution in [0.4, 0.5) is 5.69 Å². The molecule has 132 valence electrons. The van der Waals surface area contributed by atoms with Gasteiger partial charge in [0.05, 0.1) is 18.1 Å². The lowest BCUT2D eigenvalue weighted by Gasteiger charge is -2.19. The van der Waals surface area contributed by atoms with Crippen LogP contribution in [0.1, 0.15) is 39.2 Å². The minimum Gasteiger partial charge on any atom is -0.305 e. The Bertz CT molecular complexity index is 658. The summed E-state index contributed by atoms with van der Waals surface area (Å²) < 4.78 is 23.8. The molecule has 0 aliphatic rings. The number of Topliss-reactive ketones (excluding diaryl/α,β-unsaturated/α-hetero) is 1. The third-order valence-electron chi connectivity index (χ3n) is 2.97. The molecule has 0 radical (unpaired) electrons. The fourth-order valence-corrected chi connectivity index (χ4v) is 3.75. The summed E-state index contributed by atoms with van der Waals surface area (Å²) in [5.41, 5.74) is 0.264. The van der Waals surface area contributed by atoms with Crippen LogP contribution in [-0.4, -0.2) is 23.9 Å². The molecule has 0 bridgehead atoms. The maximum atomic E-state index is 13.0. The van der Waals surface area contributed by atoms with Crippen molar-refractivity contribution in [1.82, 2.24) is 0 Å². The van der Waals surface area contributed by atoms with E-state index in [0.29, 0.717) is 18.4 Å². The summed E-state index contributed by atoms with van der Waals surface area (Å²) in [6, 6.07) is 5.71. The van der Waals surface area contributed by atoms with Gasteiger partial charge in [-0.1, -0.05) is 26.0 Å². The Labute approximate surface area is 141 Å². The van der Waals surface area contributed by atoms with Crippen molar-refractivity contribution in [3.05, 3.63) is 45.3 Å². The number of carbonyl (C=O) groups excluding carboxylic acids is 1. The molecular formula is C16H22NO6P. The van der Waals surface area contributed by atoms with E-state index in [0.717, 1.165) is 0 Å². The first kappa shape index (κ1) is 20.2. The van der Waals surface area contributed by atoms with Crippen LogP contribution in [0, 0.1) is 10.1 Å². The Morgan fingerprint density at radius 1 is 1.25 bits per heavy atom. The molecule has 1 aromatic carbocycles. The van der Waals surface area contributed by atoms with Crippen LogP contribution in [0.2, 0.25) is 0 Å². The molecule has 0 aliphatic heterocycles. The van der Waals surface area contributed by atoms with Gasteiger partial charge in [-0.2, -0.15) is 0 Å². The Hall–Kier alpha value is -1.82. The number of allylic oxidation sites excluding steroid dienone is 1. The molecule has 1 aromatic rings. The molecule has 0 aliphatic carbocycles. The number of ketones is 1. The van der Waals surface area contributed by atoms with E-state index >= 15 is 0 Å². The van der Waals surface area contributed by atoms with Gasteiger partial charge in [-0.05, 0) is 31.4 Å². The highest BCUT2D eigenvalue weighted by atomic mass is 31.2. The van der Waals surface area contributed by atoms with Gasteiger partial charge in [-0.3, -0.25) is 19.5 Å². The summed E-state index contributed by atoms with van der Waals surface area (Å²) in [5.74, 6) is -0.461. The number of non-ortho nitro benzene ring substituents is 1. The number of nitro benzene ring substituents is 1. The van der Waals surface area contributed by atoms with Crippen LogP contribution in [0.25, 0.3) is 6.08 Å². The number of carbonyl (C=O) groups is 1. The summed E-state index contributed by atoms with van der Waals surface area (Å²) >= 11 is 0. The third kappa shape index (κ3) is 5.67. The van der Waals surface area contributed by atoms with Crippen molar-refractivity contribution in [2.45, 2.75) is 33.6 Å². The van der Waals surface area contributed by atoms with Crippen molar-refractivity contribution in [2.24, 2.45) is 0 Å². The average Bonchev–Trinajstić information content (AvgIpc) is 2.56. The zero-order valence-corrected chi connectivity index (χ0v) is 15.0. The largest absolute Gasteiger partial charge is 0.364 e. The van der Waals surface area contributed by atoms with Crippen LogP contribution in [0.3, 0.4) is 0 Å². The molecule has 0 heterocycles. The summed E-state index contributed by atoms with van der Waals surface area (Å²) in [6.45, 7) is 5.32. The first-order chi connectivity index (χ1) is 11.3.